The number of para-hydroxylation sites is 1. The fourth-order valence-electron chi connectivity index (χ4n) is 2.53. The summed E-state index contributed by atoms with van der Waals surface area (Å²) in [6, 6.07) is 5.55. The Morgan fingerprint density at radius 2 is 2.05 bits per heavy atom. The molecule has 3 unspecified atom stereocenters. The van der Waals surface area contributed by atoms with Crippen molar-refractivity contribution < 1.29 is 19.4 Å². The van der Waals surface area contributed by atoms with Gasteiger partial charge in [-0.15, -0.1) is 0 Å². The van der Waals surface area contributed by atoms with E-state index in [0.717, 1.165) is 5.56 Å². The summed E-state index contributed by atoms with van der Waals surface area (Å²) in [5.74, 6) is -0.838. The Morgan fingerprint density at radius 1 is 1.38 bits per heavy atom. The van der Waals surface area contributed by atoms with Gasteiger partial charge in [0.2, 0.25) is 0 Å². The number of amides is 1. The Morgan fingerprint density at radius 3 is 2.67 bits per heavy atom. The fourth-order valence-corrected chi connectivity index (χ4v) is 2.53. The lowest BCUT2D eigenvalue weighted by atomic mass is 9.96. The molecule has 1 aliphatic heterocycles. The monoisotopic (exact) mass is 291 g/mol. The van der Waals surface area contributed by atoms with E-state index in [1.165, 1.54) is 4.90 Å². The Labute approximate surface area is 124 Å². The fraction of sp³-hybridized carbons (Fsp3) is 0.500. The second-order valence-corrected chi connectivity index (χ2v) is 5.76. The van der Waals surface area contributed by atoms with Crippen molar-refractivity contribution in [1.82, 2.24) is 4.90 Å². The van der Waals surface area contributed by atoms with Crippen LogP contribution >= 0.6 is 0 Å². The smallest absolute Gasteiger partial charge is 0.308 e. The molecule has 1 aromatic rings. The van der Waals surface area contributed by atoms with E-state index in [9.17, 15) is 9.59 Å². The van der Waals surface area contributed by atoms with Crippen molar-refractivity contribution in [1.29, 1.82) is 0 Å². The molecule has 21 heavy (non-hydrogen) atoms. The third-order valence-corrected chi connectivity index (χ3v) is 4.09. The van der Waals surface area contributed by atoms with Crippen LogP contribution < -0.4 is 4.74 Å². The van der Waals surface area contributed by atoms with Crippen LogP contribution in [0.3, 0.4) is 0 Å². The van der Waals surface area contributed by atoms with Crippen LogP contribution in [0.2, 0.25) is 0 Å². The third-order valence-electron chi connectivity index (χ3n) is 4.09. The van der Waals surface area contributed by atoms with Gasteiger partial charge in [0.15, 0.2) is 0 Å². The van der Waals surface area contributed by atoms with Gasteiger partial charge >= 0.3 is 5.97 Å². The molecule has 3 atom stereocenters. The zero-order valence-corrected chi connectivity index (χ0v) is 12.8. The standard InChI is InChI=1S/C16H21NO4/c1-9(16(19)20)8-17(4)15(18)13-7-5-6-12-10(2)11(3)21-14(12)13/h5-7,9-11H,8H2,1-4H3,(H,19,20). The number of nitrogens with zero attached hydrogens (tertiary/aromatic N) is 1. The van der Waals surface area contributed by atoms with Crippen LogP contribution in [-0.2, 0) is 4.79 Å². The minimum absolute atomic E-state index is 0.0391. The van der Waals surface area contributed by atoms with Crippen LogP contribution in [0.4, 0.5) is 0 Å². The highest BCUT2D eigenvalue weighted by atomic mass is 16.5. The van der Waals surface area contributed by atoms with Crippen LogP contribution in [0.15, 0.2) is 18.2 Å². The second kappa shape index (κ2) is 5.76. The maximum Gasteiger partial charge on any atom is 0.308 e. The first-order valence-electron chi connectivity index (χ1n) is 7.10. The summed E-state index contributed by atoms with van der Waals surface area (Å²) in [6.07, 6.45) is 0.0391. The number of carbonyl (C=O) groups is 2. The molecule has 1 aliphatic rings. The summed E-state index contributed by atoms with van der Waals surface area (Å²) in [6.45, 7) is 5.81. The SMILES string of the molecule is CC(CN(C)C(=O)c1cccc2c1OC(C)C2C)C(=O)O. The van der Waals surface area contributed by atoms with Crippen LogP contribution in [0.25, 0.3) is 0 Å². The first-order valence-corrected chi connectivity index (χ1v) is 7.10. The van der Waals surface area contributed by atoms with Gasteiger partial charge in [-0.1, -0.05) is 26.0 Å². The molecule has 0 aliphatic carbocycles. The Balaban J connectivity index is 2.24. The zero-order valence-electron chi connectivity index (χ0n) is 12.8. The van der Waals surface area contributed by atoms with Crippen molar-refractivity contribution in [2.24, 2.45) is 5.92 Å². The summed E-state index contributed by atoms with van der Waals surface area (Å²) in [7, 11) is 1.61. The lowest BCUT2D eigenvalue weighted by Gasteiger charge is -2.20. The highest BCUT2D eigenvalue weighted by Gasteiger charge is 2.32. The van der Waals surface area contributed by atoms with Gasteiger partial charge in [0.1, 0.15) is 11.9 Å². The predicted octanol–water partition coefficient (Wildman–Crippen LogP) is 2.36. The average Bonchev–Trinajstić information content (AvgIpc) is 2.73. The van der Waals surface area contributed by atoms with Gasteiger partial charge in [0.05, 0.1) is 11.5 Å². The van der Waals surface area contributed by atoms with E-state index in [1.54, 1.807) is 20.0 Å². The molecular formula is C16H21NO4. The maximum atomic E-state index is 12.5. The minimum atomic E-state index is -0.911. The molecule has 0 saturated heterocycles. The zero-order chi connectivity index (χ0) is 15.7. The largest absolute Gasteiger partial charge is 0.489 e. The number of carboxylic acid groups (broad SMARTS) is 1. The van der Waals surface area contributed by atoms with Crippen molar-refractivity contribution in [2.45, 2.75) is 32.8 Å². The van der Waals surface area contributed by atoms with Crippen LogP contribution in [-0.4, -0.2) is 41.6 Å². The number of hydrogen-bond donors (Lipinski definition) is 1. The third kappa shape index (κ3) is 2.86. The molecule has 0 fully saturated rings. The van der Waals surface area contributed by atoms with Crippen LogP contribution in [0.1, 0.15) is 42.6 Å². The Bertz CT molecular complexity index is 569. The van der Waals surface area contributed by atoms with Gasteiger partial charge in [0.25, 0.3) is 5.91 Å². The van der Waals surface area contributed by atoms with Crippen molar-refractivity contribution in [2.75, 3.05) is 13.6 Å². The van der Waals surface area contributed by atoms with Crippen LogP contribution in [0.5, 0.6) is 5.75 Å². The molecule has 0 bridgehead atoms. The number of hydrogen-bond acceptors (Lipinski definition) is 3. The first-order chi connectivity index (χ1) is 9.82. The molecule has 2 rings (SSSR count). The molecule has 1 heterocycles. The highest BCUT2D eigenvalue weighted by Crippen LogP contribution is 2.40. The predicted molar refractivity (Wildman–Crippen MR) is 78.7 cm³/mol. The Kier molecular flexibility index (Phi) is 4.21. The van der Waals surface area contributed by atoms with E-state index < -0.39 is 11.9 Å². The van der Waals surface area contributed by atoms with Crippen molar-refractivity contribution in [3.05, 3.63) is 29.3 Å². The number of ether oxygens (including phenoxy) is 1. The lowest BCUT2D eigenvalue weighted by molar-refractivity contribution is -0.141. The summed E-state index contributed by atoms with van der Waals surface area (Å²) < 4.78 is 5.81. The Hall–Kier alpha value is -2.04. The number of benzene rings is 1. The van der Waals surface area contributed by atoms with Crippen LogP contribution in [0, 0.1) is 5.92 Å². The molecule has 0 spiro atoms. The van der Waals surface area contributed by atoms with E-state index in [4.69, 9.17) is 9.84 Å². The number of rotatable bonds is 4. The lowest BCUT2D eigenvalue weighted by Crippen LogP contribution is -2.33. The molecule has 114 valence electrons. The molecule has 0 saturated carbocycles. The topological polar surface area (TPSA) is 66.8 Å². The molecule has 0 aromatic heterocycles. The van der Waals surface area contributed by atoms with Gasteiger partial charge in [-0.05, 0) is 13.0 Å². The quantitative estimate of drug-likeness (QED) is 0.924. The molecule has 1 aromatic carbocycles. The molecule has 1 N–H and O–H groups in total. The van der Waals surface area contributed by atoms with E-state index in [0.29, 0.717) is 11.3 Å². The highest BCUT2D eigenvalue weighted by molar-refractivity contribution is 5.97. The second-order valence-electron chi connectivity index (χ2n) is 5.76. The van der Waals surface area contributed by atoms with Gasteiger partial charge in [-0.3, -0.25) is 9.59 Å². The van der Waals surface area contributed by atoms with Gasteiger partial charge in [-0.25, -0.2) is 0 Å². The molecular weight excluding hydrogens is 270 g/mol. The minimum Gasteiger partial charge on any atom is -0.489 e. The number of aliphatic carboxylic acids is 1. The maximum absolute atomic E-state index is 12.5. The van der Waals surface area contributed by atoms with Crippen molar-refractivity contribution in [3.63, 3.8) is 0 Å². The molecule has 1 amide bonds. The van der Waals surface area contributed by atoms with E-state index in [-0.39, 0.29) is 24.5 Å². The number of fused-ring (bicyclic) bond motifs is 1. The molecule has 5 nitrogen and oxygen atoms in total. The van der Waals surface area contributed by atoms with Crippen molar-refractivity contribution in [3.8, 4) is 5.75 Å². The van der Waals surface area contributed by atoms with E-state index in [2.05, 4.69) is 6.92 Å². The average molecular weight is 291 g/mol. The van der Waals surface area contributed by atoms with Gasteiger partial charge < -0.3 is 14.7 Å². The van der Waals surface area contributed by atoms with E-state index >= 15 is 0 Å². The number of carbonyl (C=O) groups excluding carboxylic acids is 1. The first kappa shape index (κ1) is 15.4. The van der Waals surface area contributed by atoms with Gasteiger partial charge in [-0.2, -0.15) is 0 Å². The molecule has 5 heteroatoms. The summed E-state index contributed by atoms with van der Waals surface area (Å²) in [5.41, 5.74) is 1.54. The summed E-state index contributed by atoms with van der Waals surface area (Å²) in [4.78, 5) is 24.9. The number of carboxylic acids is 1. The summed E-state index contributed by atoms with van der Waals surface area (Å²) in [5, 5.41) is 8.94. The van der Waals surface area contributed by atoms with E-state index in [1.807, 2.05) is 19.1 Å². The van der Waals surface area contributed by atoms with Crippen molar-refractivity contribution >= 4 is 11.9 Å². The van der Waals surface area contributed by atoms with Gasteiger partial charge in [0, 0.05) is 25.1 Å². The normalized spacial score (nSPS) is 21.3. The summed E-state index contributed by atoms with van der Waals surface area (Å²) >= 11 is 0. The molecule has 0 radical (unpaired) electrons.